The summed E-state index contributed by atoms with van der Waals surface area (Å²) in [4.78, 5) is 22.7. The molecule has 2 rings (SSSR count). The molecule has 1 aromatic carbocycles. The summed E-state index contributed by atoms with van der Waals surface area (Å²) < 4.78 is 4.86. The number of methoxy groups -OCH3 is 1. The highest BCUT2D eigenvalue weighted by Gasteiger charge is 2.20. The van der Waals surface area contributed by atoms with Crippen LogP contribution in [0.2, 0.25) is 0 Å². The van der Waals surface area contributed by atoms with Crippen LogP contribution in [0.4, 0.5) is 5.95 Å². The van der Waals surface area contributed by atoms with Crippen LogP contribution in [0.25, 0.3) is 0 Å². The molecular formula is C16H19N3O2S. The number of rotatable bonds is 5. The minimum atomic E-state index is -0.404. The number of carbonyl (C=O) groups excluding carboxylic acids is 1. The van der Waals surface area contributed by atoms with Crippen molar-refractivity contribution in [2.45, 2.75) is 17.7 Å². The molecule has 0 saturated heterocycles. The first-order valence-electron chi connectivity index (χ1n) is 6.84. The van der Waals surface area contributed by atoms with Crippen LogP contribution in [-0.4, -0.2) is 37.1 Å². The van der Waals surface area contributed by atoms with Gasteiger partial charge in [0, 0.05) is 19.8 Å². The summed E-state index contributed by atoms with van der Waals surface area (Å²) in [6, 6.07) is 10.1. The van der Waals surface area contributed by atoms with Gasteiger partial charge in [-0.2, -0.15) is 0 Å². The van der Waals surface area contributed by atoms with E-state index in [4.69, 9.17) is 4.74 Å². The van der Waals surface area contributed by atoms with Crippen LogP contribution in [0.15, 0.2) is 35.4 Å². The number of thioether (sulfide) groups is 1. The van der Waals surface area contributed by atoms with Gasteiger partial charge in [0.15, 0.2) is 0 Å². The minimum Gasteiger partial charge on any atom is -0.465 e. The van der Waals surface area contributed by atoms with Crippen LogP contribution in [0.1, 0.15) is 21.6 Å². The van der Waals surface area contributed by atoms with Crippen LogP contribution < -0.4 is 4.90 Å². The van der Waals surface area contributed by atoms with Crippen molar-refractivity contribution in [3.05, 3.63) is 47.2 Å². The van der Waals surface area contributed by atoms with E-state index in [0.29, 0.717) is 22.2 Å². The first-order valence-corrected chi connectivity index (χ1v) is 7.82. The van der Waals surface area contributed by atoms with E-state index >= 15 is 0 Å². The lowest BCUT2D eigenvalue weighted by molar-refractivity contribution is 0.0594. The summed E-state index contributed by atoms with van der Waals surface area (Å²) in [7, 11) is 5.11. The second-order valence-electron chi connectivity index (χ2n) is 4.95. The Hall–Kier alpha value is -2.08. The van der Waals surface area contributed by atoms with E-state index in [2.05, 4.69) is 9.97 Å². The summed E-state index contributed by atoms with van der Waals surface area (Å²) in [5.74, 6) is 0.910. The van der Waals surface area contributed by atoms with Crippen molar-refractivity contribution in [2.75, 3.05) is 26.1 Å². The molecule has 0 aliphatic rings. The lowest BCUT2D eigenvalue weighted by Gasteiger charge is -2.15. The molecule has 0 fully saturated rings. The number of anilines is 1. The molecule has 0 spiro atoms. The lowest BCUT2D eigenvalue weighted by atomic mass is 10.2. The van der Waals surface area contributed by atoms with Gasteiger partial charge >= 0.3 is 5.97 Å². The second kappa shape index (κ2) is 7.26. The third kappa shape index (κ3) is 3.76. The standard InChI is InChI=1S/C16H19N3O2S/c1-11-13(15(20)21-4)14(18-16(17-11)19(2)3)22-10-12-8-6-5-7-9-12/h5-9H,10H2,1-4H3. The molecule has 116 valence electrons. The van der Waals surface area contributed by atoms with Crippen molar-refractivity contribution in [3.63, 3.8) is 0 Å². The van der Waals surface area contributed by atoms with Crippen LogP contribution >= 0.6 is 11.8 Å². The predicted molar refractivity (Wildman–Crippen MR) is 88.4 cm³/mol. The molecule has 2 aromatic rings. The molecule has 5 nitrogen and oxygen atoms in total. The SMILES string of the molecule is COC(=O)c1c(C)nc(N(C)C)nc1SCc1ccccc1. The molecule has 0 atom stereocenters. The summed E-state index contributed by atoms with van der Waals surface area (Å²) in [6.45, 7) is 1.80. The molecular weight excluding hydrogens is 298 g/mol. The van der Waals surface area contributed by atoms with Crippen LogP contribution in [0, 0.1) is 6.92 Å². The normalized spacial score (nSPS) is 10.4. The Kier molecular flexibility index (Phi) is 5.38. The zero-order chi connectivity index (χ0) is 16.1. The summed E-state index contributed by atoms with van der Waals surface area (Å²) >= 11 is 1.51. The van der Waals surface area contributed by atoms with Crippen LogP contribution in [-0.2, 0) is 10.5 Å². The molecule has 1 heterocycles. The highest BCUT2D eigenvalue weighted by Crippen LogP contribution is 2.28. The maximum atomic E-state index is 12.0. The van der Waals surface area contributed by atoms with Crippen LogP contribution in [0.3, 0.4) is 0 Å². The summed E-state index contributed by atoms with van der Waals surface area (Å²) in [5, 5.41) is 0.645. The average Bonchev–Trinajstić information content (AvgIpc) is 2.52. The lowest BCUT2D eigenvalue weighted by Crippen LogP contribution is -2.17. The Morgan fingerprint density at radius 3 is 2.50 bits per heavy atom. The van der Waals surface area contributed by atoms with Crippen molar-refractivity contribution in [1.29, 1.82) is 0 Å². The number of esters is 1. The fraction of sp³-hybridized carbons (Fsp3) is 0.312. The van der Waals surface area contributed by atoms with Crippen molar-refractivity contribution in [1.82, 2.24) is 9.97 Å². The van der Waals surface area contributed by atoms with Gasteiger partial charge in [-0.1, -0.05) is 30.3 Å². The highest BCUT2D eigenvalue weighted by atomic mass is 32.2. The van der Waals surface area contributed by atoms with Gasteiger partial charge in [0.1, 0.15) is 10.6 Å². The largest absolute Gasteiger partial charge is 0.465 e. The second-order valence-corrected chi connectivity index (χ2v) is 5.91. The van der Waals surface area contributed by atoms with Crippen LogP contribution in [0.5, 0.6) is 0 Å². The molecule has 0 unspecified atom stereocenters. The fourth-order valence-electron chi connectivity index (χ4n) is 1.90. The molecule has 0 bridgehead atoms. The molecule has 0 radical (unpaired) electrons. The van der Waals surface area contributed by atoms with Gasteiger partial charge in [-0.25, -0.2) is 14.8 Å². The first kappa shape index (κ1) is 16.3. The van der Waals surface area contributed by atoms with Gasteiger partial charge in [-0.3, -0.25) is 0 Å². The molecule has 0 amide bonds. The maximum absolute atomic E-state index is 12.0. The number of benzene rings is 1. The Bertz CT molecular complexity index is 660. The summed E-state index contributed by atoms with van der Waals surface area (Å²) in [5.41, 5.74) is 2.24. The number of ether oxygens (including phenoxy) is 1. The first-order chi connectivity index (χ1) is 10.5. The Morgan fingerprint density at radius 2 is 1.91 bits per heavy atom. The summed E-state index contributed by atoms with van der Waals surface area (Å²) in [6.07, 6.45) is 0. The zero-order valence-electron chi connectivity index (χ0n) is 13.2. The van der Waals surface area contributed by atoms with E-state index in [1.54, 1.807) is 6.92 Å². The number of aryl methyl sites for hydroxylation is 1. The van der Waals surface area contributed by atoms with Gasteiger partial charge in [0.25, 0.3) is 0 Å². The average molecular weight is 317 g/mol. The van der Waals surface area contributed by atoms with E-state index in [9.17, 15) is 4.79 Å². The molecule has 0 aliphatic carbocycles. The zero-order valence-corrected chi connectivity index (χ0v) is 14.0. The smallest absolute Gasteiger partial charge is 0.342 e. The Labute approximate surface area is 134 Å². The van der Waals surface area contributed by atoms with E-state index in [1.807, 2.05) is 49.3 Å². The third-order valence-corrected chi connectivity index (χ3v) is 4.10. The van der Waals surface area contributed by atoms with Gasteiger partial charge < -0.3 is 9.64 Å². The third-order valence-electron chi connectivity index (χ3n) is 3.05. The number of hydrogen-bond acceptors (Lipinski definition) is 6. The van der Waals surface area contributed by atoms with Crippen molar-refractivity contribution in [2.24, 2.45) is 0 Å². The maximum Gasteiger partial charge on any atom is 0.342 e. The van der Waals surface area contributed by atoms with E-state index in [1.165, 1.54) is 24.4 Å². The van der Waals surface area contributed by atoms with E-state index < -0.39 is 5.97 Å². The number of aromatic nitrogens is 2. The van der Waals surface area contributed by atoms with E-state index in [-0.39, 0.29) is 0 Å². The van der Waals surface area contributed by atoms with Gasteiger partial charge in [-0.15, -0.1) is 11.8 Å². The fourth-order valence-corrected chi connectivity index (χ4v) is 2.92. The van der Waals surface area contributed by atoms with Crippen molar-refractivity contribution < 1.29 is 9.53 Å². The van der Waals surface area contributed by atoms with Gasteiger partial charge in [0.2, 0.25) is 5.95 Å². The van der Waals surface area contributed by atoms with Crippen molar-refractivity contribution in [3.8, 4) is 0 Å². The van der Waals surface area contributed by atoms with Gasteiger partial charge in [-0.05, 0) is 12.5 Å². The quantitative estimate of drug-likeness (QED) is 0.480. The predicted octanol–water partition coefficient (Wildman–Crippen LogP) is 2.93. The number of nitrogens with zero attached hydrogens (tertiary/aromatic N) is 3. The molecule has 22 heavy (non-hydrogen) atoms. The number of hydrogen-bond donors (Lipinski definition) is 0. The minimum absolute atomic E-state index is 0.404. The molecule has 0 saturated carbocycles. The Balaban J connectivity index is 2.35. The van der Waals surface area contributed by atoms with Gasteiger partial charge in [0.05, 0.1) is 12.8 Å². The molecule has 6 heteroatoms. The molecule has 0 aliphatic heterocycles. The number of carbonyl (C=O) groups is 1. The van der Waals surface area contributed by atoms with Crippen molar-refractivity contribution >= 4 is 23.7 Å². The molecule has 1 aromatic heterocycles. The highest BCUT2D eigenvalue weighted by molar-refractivity contribution is 7.98. The van der Waals surface area contributed by atoms with E-state index in [0.717, 1.165) is 5.75 Å². The molecule has 0 N–H and O–H groups in total. The monoisotopic (exact) mass is 317 g/mol. The topological polar surface area (TPSA) is 55.3 Å². The Morgan fingerprint density at radius 1 is 1.23 bits per heavy atom.